The van der Waals surface area contributed by atoms with Crippen LogP contribution in [0.15, 0.2) is 46.8 Å². The minimum atomic E-state index is -0.541. The SMILES string of the molecule is O=C1Nc2cc([N+](=O)[O-])ccc2OC1=Cc1ccco1. The molecule has 1 aromatic heterocycles. The van der Waals surface area contributed by atoms with Crippen LogP contribution in [0.2, 0.25) is 0 Å². The number of non-ortho nitro benzene ring substituents is 1. The zero-order chi connectivity index (χ0) is 14.1. The molecular formula is C13H8N2O5. The highest BCUT2D eigenvalue weighted by atomic mass is 16.6. The van der Waals surface area contributed by atoms with Crippen LogP contribution in [-0.4, -0.2) is 10.8 Å². The predicted molar refractivity (Wildman–Crippen MR) is 69.0 cm³/mol. The molecule has 0 unspecified atom stereocenters. The van der Waals surface area contributed by atoms with Crippen LogP contribution in [0.5, 0.6) is 5.75 Å². The number of nitrogens with zero attached hydrogens (tertiary/aromatic N) is 1. The molecule has 1 aromatic carbocycles. The second-order valence-electron chi connectivity index (χ2n) is 4.02. The smallest absolute Gasteiger partial charge is 0.291 e. The Morgan fingerprint density at radius 2 is 2.15 bits per heavy atom. The molecule has 1 aliphatic heterocycles. The van der Waals surface area contributed by atoms with Gasteiger partial charge in [-0.3, -0.25) is 14.9 Å². The van der Waals surface area contributed by atoms with E-state index in [-0.39, 0.29) is 17.1 Å². The van der Waals surface area contributed by atoms with E-state index in [0.717, 1.165) is 0 Å². The van der Waals surface area contributed by atoms with Gasteiger partial charge < -0.3 is 14.5 Å². The number of fused-ring (bicyclic) bond motifs is 1. The lowest BCUT2D eigenvalue weighted by atomic mass is 10.2. The standard InChI is InChI=1S/C13H8N2O5/c16-13-12(7-9-2-1-5-19-9)20-11-4-3-8(15(17)18)6-10(11)14-13/h1-7H,(H,14,16). The first-order valence-corrected chi connectivity index (χ1v) is 5.66. The molecule has 7 heteroatoms. The van der Waals surface area contributed by atoms with E-state index in [1.54, 1.807) is 12.1 Å². The van der Waals surface area contributed by atoms with Crippen molar-refractivity contribution in [1.82, 2.24) is 0 Å². The molecule has 1 N–H and O–H groups in total. The molecule has 0 saturated carbocycles. The number of ether oxygens (including phenoxy) is 1. The van der Waals surface area contributed by atoms with Crippen molar-refractivity contribution >= 4 is 23.4 Å². The molecule has 0 spiro atoms. The van der Waals surface area contributed by atoms with Crippen molar-refractivity contribution in [2.24, 2.45) is 0 Å². The van der Waals surface area contributed by atoms with E-state index >= 15 is 0 Å². The van der Waals surface area contributed by atoms with Gasteiger partial charge in [0.05, 0.1) is 16.9 Å². The van der Waals surface area contributed by atoms with Crippen molar-refractivity contribution < 1.29 is 18.9 Å². The van der Waals surface area contributed by atoms with E-state index < -0.39 is 10.8 Å². The minimum Gasteiger partial charge on any atom is -0.465 e. The minimum absolute atomic E-state index is 0.0568. The molecule has 0 fully saturated rings. The van der Waals surface area contributed by atoms with E-state index in [2.05, 4.69) is 5.32 Å². The number of nitrogens with one attached hydrogen (secondary N) is 1. The highest BCUT2D eigenvalue weighted by Gasteiger charge is 2.24. The Morgan fingerprint density at radius 3 is 2.85 bits per heavy atom. The molecule has 1 amide bonds. The van der Waals surface area contributed by atoms with Crippen LogP contribution in [0.1, 0.15) is 5.76 Å². The summed E-state index contributed by atoms with van der Waals surface area (Å²) in [4.78, 5) is 22.0. The normalized spacial score (nSPS) is 15.4. The maximum atomic E-state index is 11.8. The molecule has 100 valence electrons. The summed E-state index contributed by atoms with van der Waals surface area (Å²) >= 11 is 0. The van der Waals surface area contributed by atoms with Crippen molar-refractivity contribution in [3.8, 4) is 5.75 Å². The Balaban J connectivity index is 1.95. The van der Waals surface area contributed by atoms with Crippen molar-refractivity contribution in [2.45, 2.75) is 0 Å². The summed E-state index contributed by atoms with van der Waals surface area (Å²) in [5.41, 5.74) is 0.145. The third-order valence-electron chi connectivity index (χ3n) is 2.68. The van der Waals surface area contributed by atoms with Crippen molar-refractivity contribution in [2.75, 3.05) is 5.32 Å². The quantitative estimate of drug-likeness (QED) is 0.515. The maximum absolute atomic E-state index is 11.8. The number of amides is 1. The van der Waals surface area contributed by atoms with Crippen molar-refractivity contribution in [1.29, 1.82) is 0 Å². The van der Waals surface area contributed by atoms with Crippen LogP contribution in [0.3, 0.4) is 0 Å². The molecule has 2 aromatic rings. The number of carbonyl (C=O) groups excluding carboxylic acids is 1. The first kappa shape index (κ1) is 12.0. The lowest BCUT2D eigenvalue weighted by Crippen LogP contribution is -2.23. The second-order valence-corrected chi connectivity index (χ2v) is 4.02. The number of hydrogen-bond donors (Lipinski definition) is 1. The van der Waals surface area contributed by atoms with Crippen molar-refractivity contribution in [3.05, 3.63) is 58.2 Å². The Morgan fingerprint density at radius 1 is 1.30 bits per heavy atom. The number of hydrogen-bond acceptors (Lipinski definition) is 5. The summed E-state index contributed by atoms with van der Waals surface area (Å²) in [5, 5.41) is 13.2. The van der Waals surface area contributed by atoms with E-state index in [1.807, 2.05) is 0 Å². The van der Waals surface area contributed by atoms with Crippen molar-refractivity contribution in [3.63, 3.8) is 0 Å². The summed E-state index contributed by atoms with van der Waals surface area (Å²) in [5.74, 6) is 0.379. The Labute approximate surface area is 112 Å². The van der Waals surface area contributed by atoms with E-state index in [9.17, 15) is 14.9 Å². The topological polar surface area (TPSA) is 94.6 Å². The van der Waals surface area contributed by atoms with Crippen LogP contribution in [0.25, 0.3) is 6.08 Å². The Bertz CT molecular complexity index is 718. The summed E-state index contributed by atoms with van der Waals surface area (Å²) in [6, 6.07) is 7.35. The molecule has 0 saturated heterocycles. The molecule has 7 nitrogen and oxygen atoms in total. The number of nitro benzene ring substituents is 1. The monoisotopic (exact) mass is 272 g/mol. The van der Waals surface area contributed by atoms with E-state index in [1.165, 1.54) is 30.5 Å². The van der Waals surface area contributed by atoms with E-state index in [0.29, 0.717) is 11.5 Å². The summed E-state index contributed by atoms with van der Waals surface area (Å²) < 4.78 is 10.5. The molecule has 0 bridgehead atoms. The Kier molecular flexibility index (Phi) is 2.72. The van der Waals surface area contributed by atoms with Gasteiger partial charge in [-0.25, -0.2) is 0 Å². The molecule has 0 atom stereocenters. The average Bonchev–Trinajstić information content (AvgIpc) is 2.92. The van der Waals surface area contributed by atoms with Gasteiger partial charge in [0.1, 0.15) is 5.76 Å². The van der Waals surface area contributed by atoms with Gasteiger partial charge in [0.25, 0.3) is 11.6 Å². The second kappa shape index (κ2) is 4.54. The fraction of sp³-hybridized carbons (Fsp3) is 0. The average molecular weight is 272 g/mol. The van der Waals surface area contributed by atoms with Gasteiger partial charge in [0.15, 0.2) is 11.5 Å². The number of furan rings is 1. The third kappa shape index (κ3) is 2.12. The first-order valence-electron chi connectivity index (χ1n) is 5.66. The van der Waals surface area contributed by atoms with Gasteiger partial charge in [0.2, 0.25) is 0 Å². The van der Waals surface area contributed by atoms with Gasteiger partial charge in [-0.05, 0) is 18.2 Å². The third-order valence-corrected chi connectivity index (χ3v) is 2.68. The maximum Gasteiger partial charge on any atom is 0.291 e. The summed E-state index contributed by atoms with van der Waals surface area (Å²) in [6.45, 7) is 0. The fourth-order valence-corrected chi connectivity index (χ4v) is 1.76. The van der Waals surface area contributed by atoms with Gasteiger partial charge in [-0.1, -0.05) is 0 Å². The van der Waals surface area contributed by atoms with Gasteiger partial charge in [-0.2, -0.15) is 0 Å². The summed E-state index contributed by atoms with van der Waals surface area (Å²) in [7, 11) is 0. The number of benzene rings is 1. The fourth-order valence-electron chi connectivity index (χ4n) is 1.76. The van der Waals surface area contributed by atoms with Crippen LogP contribution in [0, 0.1) is 10.1 Å². The molecular weight excluding hydrogens is 264 g/mol. The van der Waals surface area contributed by atoms with Gasteiger partial charge >= 0.3 is 0 Å². The molecule has 20 heavy (non-hydrogen) atoms. The lowest BCUT2D eigenvalue weighted by molar-refractivity contribution is -0.384. The molecule has 2 heterocycles. The Hall–Kier alpha value is -3.09. The number of carbonyl (C=O) groups is 1. The zero-order valence-corrected chi connectivity index (χ0v) is 10.0. The largest absolute Gasteiger partial charge is 0.465 e. The van der Waals surface area contributed by atoms with Crippen LogP contribution >= 0.6 is 0 Å². The van der Waals surface area contributed by atoms with Crippen LogP contribution in [-0.2, 0) is 4.79 Å². The number of nitro groups is 1. The van der Waals surface area contributed by atoms with E-state index in [4.69, 9.17) is 9.15 Å². The molecule has 0 radical (unpaired) electrons. The zero-order valence-electron chi connectivity index (χ0n) is 10.0. The molecule has 0 aliphatic carbocycles. The highest BCUT2D eigenvalue weighted by Crippen LogP contribution is 2.34. The lowest BCUT2D eigenvalue weighted by Gasteiger charge is -2.19. The highest BCUT2D eigenvalue weighted by molar-refractivity contribution is 6.08. The number of anilines is 1. The molecule has 1 aliphatic rings. The van der Waals surface area contributed by atoms with Gasteiger partial charge in [0, 0.05) is 18.2 Å². The first-order chi connectivity index (χ1) is 9.63. The number of rotatable bonds is 2. The summed E-state index contributed by atoms with van der Waals surface area (Å²) in [6.07, 6.45) is 2.92. The van der Waals surface area contributed by atoms with Crippen LogP contribution < -0.4 is 10.1 Å². The van der Waals surface area contributed by atoms with Gasteiger partial charge in [-0.15, -0.1) is 0 Å². The van der Waals surface area contributed by atoms with Crippen LogP contribution in [0.4, 0.5) is 11.4 Å². The molecule has 3 rings (SSSR count). The predicted octanol–water partition coefficient (Wildman–Crippen LogP) is 2.56.